The van der Waals surface area contributed by atoms with E-state index >= 15 is 0 Å². The van der Waals surface area contributed by atoms with Crippen LogP contribution in [-0.2, 0) is 0 Å². The first-order valence-electron chi connectivity index (χ1n) is 5.22. The molecule has 3 nitrogen and oxygen atoms in total. The van der Waals surface area contributed by atoms with Gasteiger partial charge in [0.1, 0.15) is 5.76 Å². The molecule has 0 aliphatic carbocycles. The van der Waals surface area contributed by atoms with Crippen LogP contribution in [0, 0.1) is 0 Å². The first-order chi connectivity index (χ1) is 8.69. The normalized spacial score (nSPS) is 11.6. The fourth-order valence-electron chi connectivity index (χ4n) is 1.38. The maximum atomic E-state index is 9.98. The molecule has 0 saturated heterocycles. The number of hydrogen-bond acceptors (Lipinski definition) is 4. The Labute approximate surface area is 115 Å². The van der Waals surface area contributed by atoms with E-state index in [1.165, 1.54) is 11.8 Å². The highest BCUT2D eigenvalue weighted by molar-refractivity contribution is 7.98. The molecule has 0 aliphatic heterocycles. The summed E-state index contributed by atoms with van der Waals surface area (Å²) in [5, 5.41) is 11.3. The van der Waals surface area contributed by atoms with Gasteiger partial charge < -0.3 is 5.11 Å². The van der Waals surface area contributed by atoms with Gasteiger partial charge in [0.2, 0.25) is 0 Å². The van der Waals surface area contributed by atoms with Crippen molar-refractivity contribution in [3.05, 3.63) is 52.8 Å². The van der Waals surface area contributed by atoms with E-state index in [-0.39, 0.29) is 5.76 Å². The zero-order valence-corrected chi connectivity index (χ0v) is 11.2. The molecule has 2 aromatic rings. The molecule has 18 heavy (non-hydrogen) atoms. The Kier molecular flexibility index (Phi) is 4.23. The molecule has 92 valence electrons. The quantitative estimate of drug-likeness (QED) is 0.525. The topological polar surface area (TPSA) is 46.0 Å². The minimum absolute atomic E-state index is 0.150. The molecule has 0 aliphatic rings. The van der Waals surface area contributed by atoms with Gasteiger partial charge in [0.15, 0.2) is 5.16 Å². The molecule has 5 heteroatoms. The van der Waals surface area contributed by atoms with Crippen LogP contribution in [0.25, 0.3) is 11.8 Å². The molecule has 1 heterocycles. The average Bonchev–Trinajstić information content (AvgIpc) is 2.39. The van der Waals surface area contributed by atoms with E-state index in [1.807, 2.05) is 6.26 Å². The molecule has 1 aromatic carbocycles. The van der Waals surface area contributed by atoms with Crippen molar-refractivity contribution in [3.63, 3.8) is 0 Å². The standard InChI is InChI=1S/C13H11ClN2OS/c1-18-13-15-7-6-11(16-13)8-12(17)9-2-4-10(14)5-3-9/h2-8,17H,1H3/b12-8+. The van der Waals surface area contributed by atoms with Crippen LogP contribution in [0.1, 0.15) is 11.3 Å². The number of aliphatic hydroxyl groups excluding tert-OH is 1. The smallest absolute Gasteiger partial charge is 0.187 e. The summed E-state index contributed by atoms with van der Waals surface area (Å²) in [6.45, 7) is 0. The number of nitrogens with zero attached hydrogens (tertiary/aromatic N) is 2. The Hall–Kier alpha value is -1.52. The first kappa shape index (κ1) is 12.9. The summed E-state index contributed by atoms with van der Waals surface area (Å²) in [4.78, 5) is 8.34. The van der Waals surface area contributed by atoms with Crippen molar-refractivity contribution in [3.8, 4) is 0 Å². The third kappa shape index (κ3) is 3.24. The fraction of sp³-hybridized carbons (Fsp3) is 0.0769. The molecular weight excluding hydrogens is 268 g/mol. The SMILES string of the molecule is CSc1nccc(/C=C(/O)c2ccc(Cl)cc2)n1. The van der Waals surface area contributed by atoms with Crippen molar-refractivity contribution >= 4 is 35.2 Å². The molecule has 0 saturated carbocycles. The molecule has 0 amide bonds. The summed E-state index contributed by atoms with van der Waals surface area (Å²) in [5.74, 6) is 0.150. The van der Waals surface area contributed by atoms with Crippen LogP contribution in [0.2, 0.25) is 5.02 Å². The maximum absolute atomic E-state index is 9.98. The molecule has 0 bridgehead atoms. The van der Waals surface area contributed by atoms with Crippen molar-refractivity contribution in [1.29, 1.82) is 0 Å². The van der Waals surface area contributed by atoms with Crippen molar-refractivity contribution in [1.82, 2.24) is 9.97 Å². The second-order valence-corrected chi connectivity index (χ2v) is 4.71. The van der Waals surface area contributed by atoms with Crippen molar-refractivity contribution < 1.29 is 5.11 Å². The largest absolute Gasteiger partial charge is 0.507 e. The van der Waals surface area contributed by atoms with Gasteiger partial charge in [-0.2, -0.15) is 0 Å². The van der Waals surface area contributed by atoms with Gasteiger partial charge in [0.05, 0.1) is 5.69 Å². The van der Waals surface area contributed by atoms with Crippen molar-refractivity contribution in [2.75, 3.05) is 6.26 Å². The number of hydrogen-bond donors (Lipinski definition) is 1. The summed E-state index contributed by atoms with van der Waals surface area (Å²) in [6, 6.07) is 8.71. The molecule has 0 unspecified atom stereocenters. The minimum Gasteiger partial charge on any atom is -0.507 e. The van der Waals surface area contributed by atoms with Gasteiger partial charge >= 0.3 is 0 Å². The lowest BCUT2D eigenvalue weighted by atomic mass is 10.1. The van der Waals surface area contributed by atoms with Gasteiger partial charge in [0, 0.05) is 22.9 Å². The number of aromatic nitrogens is 2. The van der Waals surface area contributed by atoms with Gasteiger partial charge in [0.25, 0.3) is 0 Å². The summed E-state index contributed by atoms with van der Waals surface area (Å²) in [6.07, 6.45) is 5.17. The molecule has 2 rings (SSSR count). The molecule has 0 fully saturated rings. The highest BCUT2D eigenvalue weighted by Crippen LogP contribution is 2.18. The Balaban J connectivity index is 2.29. The summed E-state index contributed by atoms with van der Waals surface area (Å²) < 4.78 is 0. The molecule has 1 aromatic heterocycles. The Bertz CT molecular complexity index is 569. The van der Waals surface area contributed by atoms with Gasteiger partial charge in [-0.05, 0) is 36.6 Å². The summed E-state index contributed by atoms with van der Waals surface area (Å²) in [7, 11) is 0. The fourth-order valence-corrected chi connectivity index (χ4v) is 1.87. The Morgan fingerprint density at radius 2 is 2.00 bits per heavy atom. The Morgan fingerprint density at radius 1 is 1.28 bits per heavy atom. The zero-order chi connectivity index (χ0) is 13.0. The first-order valence-corrected chi connectivity index (χ1v) is 6.83. The number of thioether (sulfide) groups is 1. The highest BCUT2D eigenvalue weighted by atomic mass is 35.5. The monoisotopic (exact) mass is 278 g/mol. The van der Waals surface area contributed by atoms with E-state index in [2.05, 4.69) is 9.97 Å². The summed E-state index contributed by atoms with van der Waals surface area (Å²) >= 11 is 7.25. The number of rotatable bonds is 3. The van der Waals surface area contributed by atoms with Gasteiger partial charge in [-0.15, -0.1) is 0 Å². The van der Waals surface area contributed by atoms with E-state index in [4.69, 9.17) is 11.6 Å². The lowest BCUT2D eigenvalue weighted by Crippen LogP contribution is -1.89. The third-order valence-corrected chi connectivity index (χ3v) is 3.08. The Morgan fingerprint density at radius 3 is 2.67 bits per heavy atom. The maximum Gasteiger partial charge on any atom is 0.187 e. The van der Waals surface area contributed by atoms with Crippen LogP contribution in [0.5, 0.6) is 0 Å². The van der Waals surface area contributed by atoms with Crippen LogP contribution >= 0.6 is 23.4 Å². The van der Waals surface area contributed by atoms with Gasteiger partial charge in [-0.3, -0.25) is 0 Å². The van der Waals surface area contributed by atoms with E-state index in [0.717, 1.165) is 0 Å². The molecule has 0 atom stereocenters. The van der Waals surface area contributed by atoms with Crippen molar-refractivity contribution in [2.24, 2.45) is 0 Å². The van der Waals surface area contributed by atoms with Crippen LogP contribution in [0.3, 0.4) is 0 Å². The molecule has 1 N–H and O–H groups in total. The number of benzene rings is 1. The minimum atomic E-state index is 0.150. The lowest BCUT2D eigenvalue weighted by Gasteiger charge is -2.01. The predicted octanol–water partition coefficient (Wildman–Crippen LogP) is 3.91. The third-order valence-electron chi connectivity index (χ3n) is 2.26. The van der Waals surface area contributed by atoms with Crippen molar-refractivity contribution in [2.45, 2.75) is 5.16 Å². The lowest BCUT2D eigenvalue weighted by molar-refractivity contribution is 0.515. The van der Waals surface area contributed by atoms with E-state index in [9.17, 15) is 5.11 Å². The predicted molar refractivity (Wildman–Crippen MR) is 75.8 cm³/mol. The molecule has 0 radical (unpaired) electrons. The number of halogens is 1. The number of aliphatic hydroxyl groups is 1. The zero-order valence-electron chi connectivity index (χ0n) is 9.67. The van der Waals surface area contributed by atoms with Crippen LogP contribution in [-0.4, -0.2) is 21.3 Å². The van der Waals surface area contributed by atoms with E-state index in [1.54, 1.807) is 42.6 Å². The van der Waals surface area contributed by atoms with Gasteiger partial charge in [-0.1, -0.05) is 23.4 Å². The second kappa shape index (κ2) is 5.89. The highest BCUT2D eigenvalue weighted by Gasteiger charge is 2.01. The van der Waals surface area contributed by atoms with Crippen LogP contribution in [0.4, 0.5) is 0 Å². The summed E-state index contributed by atoms with van der Waals surface area (Å²) in [5.41, 5.74) is 1.37. The molecular formula is C13H11ClN2OS. The van der Waals surface area contributed by atoms with Gasteiger partial charge in [-0.25, -0.2) is 9.97 Å². The second-order valence-electron chi connectivity index (χ2n) is 3.50. The van der Waals surface area contributed by atoms with E-state index in [0.29, 0.717) is 21.4 Å². The average molecular weight is 279 g/mol. The van der Waals surface area contributed by atoms with Crippen LogP contribution < -0.4 is 0 Å². The van der Waals surface area contributed by atoms with Crippen LogP contribution in [0.15, 0.2) is 41.7 Å². The van der Waals surface area contributed by atoms with E-state index < -0.39 is 0 Å². The molecule has 0 spiro atoms.